The number of carbonyl (C=O) groups excluding carboxylic acids is 2. The highest BCUT2D eigenvalue weighted by Crippen LogP contribution is 2.38. The molecule has 0 aliphatic heterocycles. The molecular formula is C30H31Cl3F3N3O4S. The Hall–Kier alpha value is -2.99. The van der Waals surface area contributed by atoms with Gasteiger partial charge in [0.15, 0.2) is 0 Å². The van der Waals surface area contributed by atoms with Crippen LogP contribution in [0.5, 0.6) is 0 Å². The summed E-state index contributed by atoms with van der Waals surface area (Å²) in [5.41, 5.74) is -1.21. The zero-order valence-electron chi connectivity index (χ0n) is 23.9. The second-order valence-electron chi connectivity index (χ2n) is 9.83. The van der Waals surface area contributed by atoms with Gasteiger partial charge in [-0.15, -0.1) is 0 Å². The molecular weight excluding hydrogens is 662 g/mol. The van der Waals surface area contributed by atoms with E-state index in [1.165, 1.54) is 41.3 Å². The number of benzene rings is 3. The third-order valence-corrected chi connectivity index (χ3v) is 9.56. The van der Waals surface area contributed by atoms with Gasteiger partial charge in [-0.25, -0.2) is 8.42 Å². The lowest BCUT2D eigenvalue weighted by Crippen LogP contribution is -2.52. The zero-order chi connectivity index (χ0) is 32.7. The van der Waals surface area contributed by atoms with Crippen molar-refractivity contribution in [1.29, 1.82) is 0 Å². The molecule has 3 aromatic carbocycles. The fraction of sp³-hybridized carbons (Fsp3) is 0.333. The molecule has 1 unspecified atom stereocenters. The van der Waals surface area contributed by atoms with Gasteiger partial charge in [-0.1, -0.05) is 79.3 Å². The van der Waals surface area contributed by atoms with Gasteiger partial charge in [-0.3, -0.25) is 13.9 Å². The maximum absolute atomic E-state index is 14.1. The van der Waals surface area contributed by atoms with Crippen LogP contribution in [0.15, 0.2) is 71.6 Å². The molecule has 238 valence electrons. The van der Waals surface area contributed by atoms with E-state index in [2.05, 4.69) is 5.32 Å². The summed E-state index contributed by atoms with van der Waals surface area (Å²) in [6.45, 7) is 2.91. The number of nitrogens with zero attached hydrogens (tertiary/aromatic N) is 2. The highest BCUT2D eigenvalue weighted by Gasteiger charge is 2.37. The summed E-state index contributed by atoms with van der Waals surface area (Å²) < 4.78 is 69.6. The smallest absolute Gasteiger partial charge is 0.354 e. The summed E-state index contributed by atoms with van der Waals surface area (Å²) in [5, 5.41) is 2.62. The maximum atomic E-state index is 14.1. The molecule has 14 heteroatoms. The number of alkyl halides is 3. The van der Waals surface area contributed by atoms with E-state index in [0.29, 0.717) is 28.9 Å². The lowest BCUT2D eigenvalue weighted by Gasteiger charge is -2.33. The first-order valence-electron chi connectivity index (χ1n) is 13.7. The topological polar surface area (TPSA) is 86.8 Å². The van der Waals surface area contributed by atoms with E-state index in [-0.39, 0.29) is 27.9 Å². The Bertz CT molecular complexity index is 1570. The van der Waals surface area contributed by atoms with Crippen molar-refractivity contribution >= 4 is 62.3 Å². The molecule has 1 atom stereocenters. The average molecular weight is 693 g/mol. The fourth-order valence-electron chi connectivity index (χ4n) is 4.39. The Balaban J connectivity index is 2.13. The van der Waals surface area contributed by atoms with E-state index < -0.39 is 56.9 Å². The summed E-state index contributed by atoms with van der Waals surface area (Å²) in [6, 6.07) is 13.2. The van der Waals surface area contributed by atoms with Crippen molar-refractivity contribution in [2.75, 3.05) is 17.4 Å². The first-order chi connectivity index (χ1) is 20.7. The Morgan fingerprint density at radius 3 is 2.16 bits per heavy atom. The Kier molecular flexibility index (Phi) is 12.4. The lowest BCUT2D eigenvalue weighted by atomic mass is 10.1. The van der Waals surface area contributed by atoms with Crippen LogP contribution < -0.4 is 9.62 Å². The molecule has 3 rings (SSSR count). The Morgan fingerprint density at radius 1 is 0.909 bits per heavy atom. The SMILES string of the molecule is CCCCNC(=O)C(CC)N(Cc1ccc(Cl)c(Cl)c1)C(=O)CN(c1ccc(Cl)c(C(F)(F)F)c1)S(=O)(=O)c1ccccc1. The normalized spacial score (nSPS) is 12.5. The summed E-state index contributed by atoms with van der Waals surface area (Å²) in [6.07, 6.45) is -3.22. The molecule has 1 N–H and O–H groups in total. The van der Waals surface area contributed by atoms with Crippen molar-refractivity contribution in [3.8, 4) is 0 Å². The van der Waals surface area contributed by atoms with Crippen LogP contribution in [0.25, 0.3) is 0 Å². The van der Waals surface area contributed by atoms with Crippen molar-refractivity contribution in [3.63, 3.8) is 0 Å². The first kappa shape index (κ1) is 35.5. The van der Waals surface area contributed by atoms with E-state index in [1.807, 2.05) is 6.92 Å². The molecule has 0 aliphatic carbocycles. The van der Waals surface area contributed by atoms with E-state index in [4.69, 9.17) is 34.8 Å². The van der Waals surface area contributed by atoms with Gasteiger partial charge in [0.1, 0.15) is 12.6 Å². The van der Waals surface area contributed by atoms with E-state index in [0.717, 1.165) is 18.6 Å². The minimum atomic E-state index is -4.90. The summed E-state index contributed by atoms with van der Waals surface area (Å²) >= 11 is 18.0. The molecule has 0 saturated heterocycles. The van der Waals surface area contributed by atoms with E-state index in [1.54, 1.807) is 19.1 Å². The molecule has 0 bridgehead atoms. The quantitative estimate of drug-likeness (QED) is 0.187. The molecule has 7 nitrogen and oxygen atoms in total. The van der Waals surface area contributed by atoms with Crippen LogP contribution in [-0.4, -0.2) is 44.3 Å². The minimum absolute atomic E-state index is 0.162. The monoisotopic (exact) mass is 691 g/mol. The number of carbonyl (C=O) groups is 2. The molecule has 0 fully saturated rings. The fourth-order valence-corrected chi connectivity index (χ4v) is 6.37. The van der Waals surface area contributed by atoms with Gasteiger partial charge >= 0.3 is 6.18 Å². The molecule has 0 heterocycles. The number of halogens is 6. The van der Waals surface area contributed by atoms with Gasteiger partial charge in [-0.05, 0) is 60.9 Å². The number of anilines is 1. The van der Waals surface area contributed by atoms with Gasteiger partial charge in [0.25, 0.3) is 10.0 Å². The number of amides is 2. The van der Waals surface area contributed by atoms with Crippen molar-refractivity contribution in [3.05, 3.63) is 92.9 Å². The van der Waals surface area contributed by atoms with Gasteiger partial charge in [-0.2, -0.15) is 13.2 Å². The van der Waals surface area contributed by atoms with Gasteiger partial charge in [0, 0.05) is 13.1 Å². The first-order valence-corrected chi connectivity index (χ1v) is 16.2. The highest BCUT2D eigenvalue weighted by molar-refractivity contribution is 7.92. The Labute approximate surface area is 269 Å². The lowest BCUT2D eigenvalue weighted by molar-refractivity contribution is -0.140. The summed E-state index contributed by atoms with van der Waals surface area (Å²) in [4.78, 5) is 28.3. The van der Waals surface area contributed by atoms with Gasteiger partial charge in [0.05, 0.1) is 31.2 Å². The molecule has 3 aromatic rings. The summed E-state index contributed by atoms with van der Waals surface area (Å²) in [7, 11) is -4.58. The van der Waals surface area contributed by atoms with Crippen LogP contribution in [0.3, 0.4) is 0 Å². The third kappa shape index (κ3) is 8.80. The molecule has 0 aromatic heterocycles. The number of sulfonamides is 1. The summed E-state index contributed by atoms with van der Waals surface area (Å²) in [5.74, 6) is -1.30. The standard InChI is InChI=1S/C30H31Cl3F3N3O4S/c1-3-5-15-37-29(41)27(4-2)38(18-20-11-13-25(32)26(33)16-20)28(40)19-39(44(42,43)22-9-7-6-8-10-22)21-12-14-24(31)23(17-21)30(34,35)36/h6-14,16-17,27H,3-5,15,18-19H2,1-2H3,(H,37,41). The van der Waals surface area contributed by atoms with Gasteiger partial charge in [0.2, 0.25) is 11.8 Å². The molecule has 2 amide bonds. The minimum Gasteiger partial charge on any atom is -0.354 e. The largest absolute Gasteiger partial charge is 0.417 e. The predicted octanol–water partition coefficient (Wildman–Crippen LogP) is 7.58. The van der Waals surface area contributed by atoms with Crippen molar-refractivity contribution in [1.82, 2.24) is 10.2 Å². The van der Waals surface area contributed by atoms with Crippen LogP contribution in [-0.2, 0) is 32.3 Å². The number of rotatable bonds is 13. The van der Waals surface area contributed by atoms with Crippen LogP contribution in [0.1, 0.15) is 44.2 Å². The van der Waals surface area contributed by atoms with Crippen molar-refractivity contribution in [2.24, 2.45) is 0 Å². The van der Waals surface area contributed by atoms with Gasteiger partial charge < -0.3 is 10.2 Å². The molecule has 0 saturated carbocycles. The average Bonchev–Trinajstić information content (AvgIpc) is 2.97. The van der Waals surface area contributed by atoms with Crippen LogP contribution in [0.2, 0.25) is 15.1 Å². The zero-order valence-corrected chi connectivity index (χ0v) is 27.0. The van der Waals surface area contributed by atoms with E-state index >= 15 is 0 Å². The third-order valence-electron chi connectivity index (χ3n) is 6.71. The molecule has 44 heavy (non-hydrogen) atoms. The number of nitrogens with one attached hydrogen (secondary N) is 1. The second kappa shape index (κ2) is 15.3. The Morgan fingerprint density at radius 2 is 1.57 bits per heavy atom. The highest BCUT2D eigenvalue weighted by atomic mass is 35.5. The molecule has 0 spiro atoms. The van der Waals surface area contributed by atoms with Crippen molar-refractivity contribution in [2.45, 2.75) is 56.8 Å². The number of hydrogen-bond donors (Lipinski definition) is 1. The van der Waals surface area contributed by atoms with Crippen LogP contribution in [0, 0.1) is 0 Å². The maximum Gasteiger partial charge on any atom is 0.417 e. The van der Waals surface area contributed by atoms with Crippen molar-refractivity contribution < 1.29 is 31.2 Å². The second-order valence-corrected chi connectivity index (χ2v) is 12.9. The number of unbranched alkanes of at least 4 members (excludes halogenated alkanes) is 1. The number of hydrogen-bond acceptors (Lipinski definition) is 4. The van der Waals surface area contributed by atoms with E-state index in [9.17, 15) is 31.2 Å². The van der Waals surface area contributed by atoms with Crippen LogP contribution >= 0.6 is 34.8 Å². The predicted molar refractivity (Wildman–Crippen MR) is 166 cm³/mol. The molecule has 0 radical (unpaired) electrons. The van der Waals surface area contributed by atoms with Crippen LogP contribution in [0.4, 0.5) is 18.9 Å². The molecule has 0 aliphatic rings.